The van der Waals surface area contributed by atoms with Gasteiger partial charge in [0.05, 0.1) is 64.9 Å². The first-order valence-corrected chi connectivity index (χ1v) is 29.3. The largest absolute Gasteiger partial charge is 0.506 e. The van der Waals surface area contributed by atoms with Crippen LogP contribution in [0.4, 0.5) is 0 Å². The predicted molar refractivity (Wildman–Crippen MR) is 334 cm³/mol. The highest BCUT2D eigenvalue weighted by Gasteiger charge is 2.23. The molecule has 3 aromatic heterocycles. The average molecular weight is 1140 g/mol. The standard InChI is InChI=1S/C68H73N9O8/c1-4-37-84-39-40-85-38-36-76-33-29-69-66(81)54-9-5-8-53(64(54)79)61(78)12-7-32-77(35-31-71-68(83)56-11-6-10-55(65(56)80)67(82)70-30-34-76)43-45-13-15-47(16-14-45)62-57-25-21-49(72-57)41-51-23-27-59(74-51)63(48-19-17-46(18-20-48)44(2)3)60-28-24-52(75-60)42-50-22-26-58(62)73-50/h5-6,8-11,13-28,41-42,44,74-75,79-80H,4,7,12,29-40,43H2,1-3H3,(H,69,81)(H,70,82)(H,71,83). The number of aromatic amines is 2. The van der Waals surface area contributed by atoms with Gasteiger partial charge in [-0.15, -0.1) is 0 Å². The van der Waals surface area contributed by atoms with Crippen molar-refractivity contribution in [3.8, 4) is 33.8 Å². The van der Waals surface area contributed by atoms with Crippen molar-refractivity contribution in [2.24, 2.45) is 0 Å². The van der Waals surface area contributed by atoms with Gasteiger partial charge in [0.15, 0.2) is 5.78 Å². The van der Waals surface area contributed by atoms with Gasteiger partial charge >= 0.3 is 0 Å². The third-order valence-electron chi connectivity index (χ3n) is 15.3. The van der Waals surface area contributed by atoms with E-state index in [0.717, 1.165) is 79.1 Å². The van der Waals surface area contributed by atoms with Crippen LogP contribution in [0.5, 0.6) is 11.5 Å². The molecule has 17 heteroatoms. The number of phenols is 2. The summed E-state index contributed by atoms with van der Waals surface area (Å²) in [6.45, 7) is 11.3. The van der Waals surface area contributed by atoms with E-state index in [1.165, 1.54) is 29.8 Å². The summed E-state index contributed by atoms with van der Waals surface area (Å²) in [5.74, 6) is -2.35. The van der Waals surface area contributed by atoms with Crippen molar-refractivity contribution in [1.29, 1.82) is 0 Å². The number of ether oxygens (including phenoxy) is 2. The molecule has 3 aliphatic heterocycles. The highest BCUT2D eigenvalue weighted by molar-refractivity contribution is 6.05. The van der Waals surface area contributed by atoms with Crippen LogP contribution in [-0.2, 0) is 16.0 Å². The van der Waals surface area contributed by atoms with Crippen molar-refractivity contribution in [3.63, 3.8) is 0 Å². The van der Waals surface area contributed by atoms with Crippen LogP contribution in [0.3, 0.4) is 0 Å². The minimum absolute atomic E-state index is 0.0133. The molecule has 0 aliphatic carbocycles. The summed E-state index contributed by atoms with van der Waals surface area (Å²) in [5, 5.41) is 31.3. The van der Waals surface area contributed by atoms with Gasteiger partial charge in [-0.1, -0.05) is 81.4 Å². The molecule has 6 heterocycles. The van der Waals surface area contributed by atoms with Gasteiger partial charge in [0, 0.05) is 98.6 Å². The lowest BCUT2D eigenvalue weighted by atomic mass is 9.98. The fourth-order valence-corrected chi connectivity index (χ4v) is 10.7. The molecule has 0 saturated heterocycles. The molecule has 4 aromatic carbocycles. The van der Waals surface area contributed by atoms with Crippen molar-refractivity contribution in [1.82, 2.24) is 45.7 Å². The molecule has 0 saturated carbocycles. The van der Waals surface area contributed by atoms with E-state index in [4.69, 9.17) is 19.4 Å². The molecule has 17 nitrogen and oxygen atoms in total. The molecule has 12 bridgehead atoms. The van der Waals surface area contributed by atoms with Crippen LogP contribution in [0, 0.1) is 0 Å². The van der Waals surface area contributed by atoms with Crippen molar-refractivity contribution in [2.75, 3.05) is 78.8 Å². The van der Waals surface area contributed by atoms with E-state index in [1.54, 1.807) is 12.1 Å². The number of aromatic nitrogens is 4. The van der Waals surface area contributed by atoms with Gasteiger partial charge in [0.2, 0.25) is 0 Å². The lowest BCUT2D eigenvalue weighted by molar-refractivity contribution is 0.0389. The number of hydrogen-bond donors (Lipinski definition) is 7. The fraction of sp³-hybridized carbons (Fsp3) is 0.294. The summed E-state index contributed by atoms with van der Waals surface area (Å²) in [5.41, 5.74) is 13.0. The SMILES string of the molecule is CCCOCCOCCN1CCNC(=O)c2cccc(c2O)C(=O)CCCN(Cc2ccc(-c3c4nc(cc5ccc([nH]5)c(-c5ccc(C(C)C)cc5)c5ccc(cc6nc3C=C6)[nH]5)C=C4)cc2)CCNC(=O)c2cccc(c2O)C(=O)NCC1. The Balaban J connectivity index is 0.894. The van der Waals surface area contributed by atoms with Gasteiger partial charge in [-0.2, -0.15) is 0 Å². The average Bonchev–Trinajstić information content (AvgIpc) is 4.13. The molecule has 0 atom stereocenters. The fourth-order valence-electron chi connectivity index (χ4n) is 10.7. The third kappa shape index (κ3) is 14.9. The summed E-state index contributed by atoms with van der Waals surface area (Å²) < 4.78 is 11.3. The first-order chi connectivity index (χ1) is 41.4. The number of Topliss-reactive ketones (excluding diaryl/α,β-unsaturated/α-hetero) is 1. The molecule has 7 N–H and O–H groups in total. The van der Waals surface area contributed by atoms with Gasteiger partial charge in [-0.05, 0) is 133 Å². The van der Waals surface area contributed by atoms with Crippen LogP contribution < -0.4 is 16.0 Å². The quantitative estimate of drug-likeness (QED) is 0.0535. The molecule has 0 unspecified atom stereocenters. The molecule has 3 amide bonds. The van der Waals surface area contributed by atoms with Crippen molar-refractivity contribution in [3.05, 3.63) is 177 Å². The maximum Gasteiger partial charge on any atom is 0.255 e. The van der Waals surface area contributed by atoms with Crippen molar-refractivity contribution in [2.45, 2.75) is 52.5 Å². The number of amides is 3. The number of fused-ring (bicyclic) bond motifs is 12. The monoisotopic (exact) mass is 1140 g/mol. The summed E-state index contributed by atoms with van der Waals surface area (Å²) in [7, 11) is 0. The molecular formula is C68H73N9O8. The van der Waals surface area contributed by atoms with Crippen LogP contribution in [-0.4, -0.2) is 142 Å². The van der Waals surface area contributed by atoms with Crippen LogP contribution in [0.15, 0.2) is 121 Å². The predicted octanol–water partition coefficient (Wildman–Crippen LogP) is 10.6. The molecule has 438 valence electrons. The Labute approximate surface area is 494 Å². The number of rotatable bonds is 13. The number of carbonyl (C=O) groups is 4. The van der Waals surface area contributed by atoms with Gasteiger partial charge in [-0.3, -0.25) is 29.0 Å². The van der Waals surface area contributed by atoms with E-state index >= 15 is 0 Å². The number of para-hydroxylation sites is 2. The number of nitrogens with zero attached hydrogens (tertiary/aromatic N) is 4. The molecule has 0 radical (unpaired) electrons. The van der Waals surface area contributed by atoms with Crippen LogP contribution in [0.1, 0.15) is 121 Å². The zero-order valence-corrected chi connectivity index (χ0v) is 48.4. The zero-order valence-electron chi connectivity index (χ0n) is 48.4. The Morgan fingerprint density at radius 1 is 0.541 bits per heavy atom. The van der Waals surface area contributed by atoms with E-state index in [-0.39, 0.29) is 59.8 Å². The second-order valence-electron chi connectivity index (χ2n) is 21.7. The van der Waals surface area contributed by atoms with Gasteiger partial charge < -0.3 is 45.6 Å². The minimum atomic E-state index is -0.552. The molecule has 0 spiro atoms. The second-order valence-corrected chi connectivity index (χ2v) is 21.7. The highest BCUT2D eigenvalue weighted by atomic mass is 16.5. The summed E-state index contributed by atoms with van der Waals surface area (Å²) in [6.07, 6.45) is 9.44. The molecule has 0 fully saturated rings. The van der Waals surface area contributed by atoms with Crippen LogP contribution in [0.2, 0.25) is 0 Å². The number of ketones is 1. The normalized spacial score (nSPS) is 15.2. The molecule has 3 aliphatic rings. The van der Waals surface area contributed by atoms with Gasteiger partial charge in [-0.25, -0.2) is 9.97 Å². The smallest absolute Gasteiger partial charge is 0.255 e. The molecular weight excluding hydrogens is 1070 g/mol. The minimum Gasteiger partial charge on any atom is -0.506 e. The number of benzene rings is 4. The van der Waals surface area contributed by atoms with Gasteiger partial charge in [0.25, 0.3) is 17.7 Å². The van der Waals surface area contributed by atoms with Crippen LogP contribution in [0.25, 0.3) is 68.6 Å². The Morgan fingerprint density at radius 2 is 1.04 bits per heavy atom. The molecule has 10 rings (SSSR count). The van der Waals surface area contributed by atoms with E-state index in [9.17, 15) is 29.4 Å². The zero-order chi connectivity index (χ0) is 59.2. The van der Waals surface area contributed by atoms with E-state index in [1.807, 2.05) is 48.3 Å². The lowest BCUT2D eigenvalue weighted by Crippen LogP contribution is -2.41. The first-order valence-electron chi connectivity index (χ1n) is 29.3. The van der Waals surface area contributed by atoms with E-state index in [2.05, 4.69) is 117 Å². The molecule has 7 aromatic rings. The molecule has 85 heavy (non-hydrogen) atoms. The van der Waals surface area contributed by atoms with Crippen molar-refractivity contribution < 1.29 is 38.9 Å². The van der Waals surface area contributed by atoms with Crippen molar-refractivity contribution >= 4 is 69.9 Å². The summed E-state index contributed by atoms with van der Waals surface area (Å²) >= 11 is 0. The maximum absolute atomic E-state index is 13.8. The number of carbonyl (C=O) groups excluding carboxylic acids is 4. The number of nitrogens with one attached hydrogen (secondary N) is 5. The Kier molecular flexibility index (Phi) is 19.5. The highest BCUT2D eigenvalue weighted by Crippen LogP contribution is 2.34. The Bertz CT molecular complexity index is 3610. The van der Waals surface area contributed by atoms with Gasteiger partial charge in [0.1, 0.15) is 11.5 Å². The lowest BCUT2D eigenvalue weighted by Gasteiger charge is -2.23. The number of aromatic hydroxyl groups is 2. The topological polar surface area (TPSA) is 227 Å². The second kappa shape index (κ2) is 28.1. The Hall–Kier alpha value is -9.00. The summed E-state index contributed by atoms with van der Waals surface area (Å²) in [6, 6.07) is 38.5. The first kappa shape index (κ1) is 59.2. The number of phenolic OH excluding ortho intramolecular Hbond substituents is 2. The number of H-pyrrole nitrogens is 2. The third-order valence-corrected chi connectivity index (χ3v) is 15.3. The van der Waals surface area contributed by atoms with E-state index < -0.39 is 23.5 Å². The Morgan fingerprint density at radius 3 is 1.58 bits per heavy atom. The van der Waals surface area contributed by atoms with Crippen LogP contribution >= 0.6 is 0 Å². The maximum atomic E-state index is 13.8. The summed E-state index contributed by atoms with van der Waals surface area (Å²) in [4.78, 5) is 76.3. The number of hydrogen-bond acceptors (Lipinski definition) is 12. The van der Waals surface area contributed by atoms with E-state index in [0.29, 0.717) is 78.0 Å².